The van der Waals surface area contributed by atoms with Gasteiger partial charge in [-0.25, -0.2) is 0 Å². The van der Waals surface area contributed by atoms with Crippen molar-refractivity contribution in [2.24, 2.45) is 5.92 Å². The van der Waals surface area contributed by atoms with E-state index >= 15 is 0 Å². The minimum absolute atomic E-state index is 0.00968. The number of nitrogens with zero attached hydrogens (tertiary/aromatic N) is 1. The molecule has 0 aromatic rings. The van der Waals surface area contributed by atoms with Crippen LogP contribution < -0.4 is 0 Å². The van der Waals surface area contributed by atoms with Crippen LogP contribution in [0.25, 0.3) is 0 Å². The van der Waals surface area contributed by atoms with Crippen molar-refractivity contribution in [1.29, 1.82) is 0 Å². The van der Waals surface area contributed by atoms with Crippen molar-refractivity contribution < 1.29 is 9.90 Å². The average Bonchev–Trinajstić information content (AvgIpc) is 2.16. The normalized spacial score (nSPS) is 26.3. The van der Waals surface area contributed by atoms with Crippen molar-refractivity contribution in [1.82, 2.24) is 4.90 Å². The van der Waals surface area contributed by atoms with Crippen LogP contribution in [0.5, 0.6) is 0 Å². The summed E-state index contributed by atoms with van der Waals surface area (Å²) in [5.74, 6) is 0.189. The smallest absolute Gasteiger partial charge is 0.305 e. The molecule has 2 aliphatic rings. The SMILES string of the molecule is CCC1CN(C2(CC(=O)O)CCCCC2)C1. The van der Waals surface area contributed by atoms with Crippen LogP contribution in [0, 0.1) is 5.92 Å². The Bertz CT molecular complexity index is 253. The number of rotatable bonds is 4. The summed E-state index contributed by atoms with van der Waals surface area (Å²) in [6, 6.07) is 0. The maximum atomic E-state index is 11.0. The highest BCUT2D eigenvalue weighted by Gasteiger charge is 2.44. The fraction of sp³-hybridized carbons (Fsp3) is 0.923. The molecule has 92 valence electrons. The second-order valence-electron chi connectivity index (χ2n) is 5.53. The Morgan fingerprint density at radius 1 is 1.31 bits per heavy atom. The summed E-state index contributed by atoms with van der Waals surface area (Å²) in [5, 5.41) is 9.10. The van der Waals surface area contributed by atoms with Gasteiger partial charge < -0.3 is 5.11 Å². The van der Waals surface area contributed by atoms with Crippen molar-refractivity contribution in [2.75, 3.05) is 13.1 Å². The highest BCUT2D eigenvalue weighted by Crippen LogP contribution is 2.40. The Kier molecular flexibility index (Phi) is 3.53. The molecule has 1 aliphatic carbocycles. The lowest BCUT2D eigenvalue weighted by molar-refractivity contribution is -0.144. The molecule has 16 heavy (non-hydrogen) atoms. The molecule has 2 rings (SSSR count). The van der Waals surface area contributed by atoms with Crippen molar-refractivity contribution in [3.63, 3.8) is 0 Å². The predicted molar refractivity (Wildman–Crippen MR) is 63.4 cm³/mol. The molecule has 3 nitrogen and oxygen atoms in total. The molecule has 1 saturated carbocycles. The van der Waals surface area contributed by atoms with Crippen LogP contribution in [-0.4, -0.2) is 34.6 Å². The Hall–Kier alpha value is -0.570. The summed E-state index contributed by atoms with van der Waals surface area (Å²) in [4.78, 5) is 13.5. The van der Waals surface area contributed by atoms with Crippen LogP contribution in [-0.2, 0) is 4.79 Å². The summed E-state index contributed by atoms with van der Waals surface area (Å²) in [6.07, 6.45) is 7.47. The minimum Gasteiger partial charge on any atom is -0.481 e. The van der Waals surface area contributed by atoms with E-state index in [-0.39, 0.29) is 5.54 Å². The fourth-order valence-corrected chi connectivity index (χ4v) is 3.31. The van der Waals surface area contributed by atoms with E-state index in [4.69, 9.17) is 5.11 Å². The van der Waals surface area contributed by atoms with E-state index in [1.54, 1.807) is 0 Å². The highest BCUT2D eigenvalue weighted by molar-refractivity contribution is 5.68. The molecule has 2 fully saturated rings. The largest absolute Gasteiger partial charge is 0.481 e. The van der Waals surface area contributed by atoms with Gasteiger partial charge in [0.25, 0.3) is 0 Å². The molecule has 0 aromatic carbocycles. The van der Waals surface area contributed by atoms with Crippen molar-refractivity contribution >= 4 is 5.97 Å². The standard InChI is InChI=1S/C13H23NO2/c1-2-11-9-14(10-11)13(8-12(15)16)6-4-3-5-7-13/h11H,2-10H2,1H3,(H,15,16). The molecular formula is C13H23NO2. The van der Waals surface area contributed by atoms with E-state index in [1.807, 2.05) is 0 Å². The Morgan fingerprint density at radius 3 is 2.44 bits per heavy atom. The van der Waals surface area contributed by atoms with Gasteiger partial charge in [-0.3, -0.25) is 9.69 Å². The van der Waals surface area contributed by atoms with Gasteiger partial charge in [-0.15, -0.1) is 0 Å². The topological polar surface area (TPSA) is 40.5 Å². The first kappa shape index (κ1) is 11.9. The van der Waals surface area contributed by atoms with Crippen molar-refractivity contribution in [2.45, 2.75) is 57.4 Å². The molecular weight excluding hydrogens is 202 g/mol. The number of likely N-dealkylation sites (tertiary alicyclic amines) is 1. The lowest BCUT2D eigenvalue weighted by atomic mass is 9.75. The lowest BCUT2D eigenvalue weighted by Crippen LogP contribution is -2.61. The number of hydrogen-bond donors (Lipinski definition) is 1. The summed E-state index contributed by atoms with van der Waals surface area (Å²) in [6.45, 7) is 4.49. The van der Waals surface area contributed by atoms with Gasteiger partial charge in [0.2, 0.25) is 0 Å². The summed E-state index contributed by atoms with van der Waals surface area (Å²) >= 11 is 0. The van der Waals surface area contributed by atoms with Crippen LogP contribution in [0.4, 0.5) is 0 Å². The molecule has 0 radical (unpaired) electrons. The molecule has 0 aromatic heterocycles. The van der Waals surface area contributed by atoms with Gasteiger partial charge in [-0.2, -0.15) is 0 Å². The molecule has 0 bridgehead atoms. The zero-order valence-electron chi connectivity index (χ0n) is 10.2. The van der Waals surface area contributed by atoms with Gasteiger partial charge in [0.15, 0.2) is 0 Å². The Labute approximate surface area is 97.8 Å². The summed E-state index contributed by atoms with van der Waals surface area (Å²) < 4.78 is 0. The van der Waals surface area contributed by atoms with Crippen LogP contribution >= 0.6 is 0 Å². The van der Waals surface area contributed by atoms with Crippen LogP contribution in [0.2, 0.25) is 0 Å². The third-order valence-corrected chi connectivity index (χ3v) is 4.47. The Balaban J connectivity index is 2.00. The molecule has 0 atom stereocenters. The quantitative estimate of drug-likeness (QED) is 0.799. The maximum Gasteiger partial charge on any atom is 0.305 e. The van der Waals surface area contributed by atoms with E-state index in [0.717, 1.165) is 31.8 Å². The molecule has 3 heteroatoms. The lowest BCUT2D eigenvalue weighted by Gasteiger charge is -2.53. The van der Waals surface area contributed by atoms with Gasteiger partial charge in [0, 0.05) is 18.6 Å². The number of aliphatic carboxylic acids is 1. The van der Waals surface area contributed by atoms with Crippen LogP contribution in [0.1, 0.15) is 51.9 Å². The molecule has 1 N–H and O–H groups in total. The fourth-order valence-electron chi connectivity index (χ4n) is 3.31. The monoisotopic (exact) mass is 225 g/mol. The van der Waals surface area contributed by atoms with Crippen LogP contribution in [0.15, 0.2) is 0 Å². The molecule has 0 amide bonds. The van der Waals surface area contributed by atoms with Gasteiger partial charge in [0.1, 0.15) is 0 Å². The number of carbonyl (C=O) groups is 1. The average molecular weight is 225 g/mol. The second-order valence-corrected chi connectivity index (χ2v) is 5.53. The van der Waals surface area contributed by atoms with Crippen molar-refractivity contribution in [3.05, 3.63) is 0 Å². The van der Waals surface area contributed by atoms with E-state index in [2.05, 4.69) is 11.8 Å². The molecule has 0 spiro atoms. The molecule has 1 saturated heterocycles. The van der Waals surface area contributed by atoms with Crippen LogP contribution in [0.3, 0.4) is 0 Å². The minimum atomic E-state index is -0.623. The zero-order valence-corrected chi connectivity index (χ0v) is 10.2. The maximum absolute atomic E-state index is 11.0. The van der Waals surface area contributed by atoms with Gasteiger partial charge >= 0.3 is 5.97 Å². The van der Waals surface area contributed by atoms with E-state index in [9.17, 15) is 4.79 Å². The predicted octanol–water partition coefficient (Wildman–Crippen LogP) is 2.51. The van der Waals surface area contributed by atoms with E-state index in [0.29, 0.717) is 6.42 Å². The van der Waals surface area contributed by atoms with E-state index < -0.39 is 5.97 Å². The third-order valence-electron chi connectivity index (χ3n) is 4.47. The summed E-state index contributed by atoms with van der Waals surface area (Å²) in [7, 11) is 0. The first-order chi connectivity index (χ1) is 7.66. The van der Waals surface area contributed by atoms with Gasteiger partial charge in [-0.1, -0.05) is 32.6 Å². The highest BCUT2D eigenvalue weighted by atomic mass is 16.4. The number of carboxylic acids is 1. The Morgan fingerprint density at radius 2 is 1.94 bits per heavy atom. The first-order valence-electron chi connectivity index (χ1n) is 6.63. The molecule has 1 heterocycles. The van der Waals surface area contributed by atoms with Crippen molar-refractivity contribution in [3.8, 4) is 0 Å². The molecule has 0 unspecified atom stereocenters. The second kappa shape index (κ2) is 4.74. The molecule has 1 aliphatic heterocycles. The third kappa shape index (κ3) is 2.24. The van der Waals surface area contributed by atoms with Gasteiger partial charge in [-0.05, 0) is 18.8 Å². The number of carboxylic acid groups (broad SMARTS) is 1. The van der Waals surface area contributed by atoms with Gasteiger partial charge in [0.05, 0.1) is 6.42 Å². The zero-order chi connectivity index (χ0) is 11.6. The first-order valence-corrected chi connectivity index (χ1v) is 6.63. The number of hydrogen-bond acceptors (Lipinski definition) is 2. The summed E-state index contributed by atoms with van der Waals surface area (Å²) in [5.41, 5.74) is 0.00968. The van der Waals surface area contributed by atoms with E-state index in [1.165, 1.54) is 25.7 Å².